The summed E-state index contributed by atoms with van der Waals surface area (Å²) in [4.78, 5) is 2.52. The van der Waals surface area contributed by atoms with Crippen LogP contribution in [0.5, 0.6) is 17.2 Å². The molecule has 1 aliphatic heterocycles. The molecule has 1 saturated heterocycles. The highest BCUT2D eigenvalue weighted by Gasteiger charge is 2.28. The number of benzene rings is 3. The highest BCUT2D eigenvalue weighted by Crippen LogP contribution is 2.40. The molecule has 0 aromatic heterocycles. The van der Waals surface area contributed by atoms with Crippen molar-refractivity contribution in [3.8, 4) is 17.2 Å². The van der Waals surface area contributed by atoms with Gasteiger partial charge in [-0.15, -0.1) is 0 Å². The fourth-order valence-electron chi connectivity index (χ4n) is 4.30. The van der Waals surface area contributed by atoms with Gasteiger partial charge in [0.2, 0.25) is 0 Å². The topological polar surface area (TPSA) is 43.0 Å². The van der Waals surface area contributed by atoms with Crippen LogP contribution in [0.3, 0.4) is 0 Å². The van der Waals surface area contributed by atoms with Gasteiger partial charge in [-0.1, -0.05) is 48.5 Å². The zero-order chi connectivity index (χ0) is 22.2. The molecule has 5 heteroatoms. The van der Waals surface area contributed by atoms with Crippen LogP contribution in [0.2, 0.25) is 0 Å². The zero-order valence-electron chi connectivity index (χ0n) is 18.9. The van der Waals surface area contributed by atoms with Gasteiger partial charge in [0.1, 0.15) is 23.9 Å². The molecule has 1 aliphatic rings. The molecule has 3 aromatic rings. The van der Waals surface area contributed by atoms with E-state index in [1.165, 1.54) is 0 Å². The quantitative estimate of drug-likeness (QED) is 0.560. The van der Waals surface area contributed by atoms with E-state index < -0.39 is 0 Å². The maximum absolute atomic E-state index is 6.36. The average Bonchev–Trinajstić information content (AvgIpc) is 3.14. The minimum Gasteiger partial charge on any atom is -0.497 e. The largest absolute Gasteiger partial charge is 0.497 e. The van der Waals surface area contributed by atoms with Gasteiger partial charge in [0.05, 0.1) is 20.3 Å². The van der Waals surface area contributed by atoms with Crippen molar-refractivity contribution in [2.24, 2.45) is 0 Å². The molecule has 168 valence electrons. The SMILES string of the molecule is COc1ccc(C(c2ccccc2OCc2ccccc2)N2CCCNCC2)c(OC)c1. The third-order valence-corrected chi connectivity index (χ3v) is 5.93. The summed E-state index contributed by atoms with van der Waals surface area (Å²) in [5.41, 5.74) is 3.42. The molecule has 3 aromatic carbocycles. The smallest absolute Gasteiger partial charge is 0.127 e. The van der Waals surface area contributed by atoms with Gasteiger partial charge in [0.25, 0.3) is 0 Å². The number of nitrogens with one attached hydrogen (secondary N) is 1. The summed E-state index contributed by atoms with van der Waals surface area (Å²) in [6, 6.07) is 24.8. The lowest BCUT2D eigenvalue weighted by atomic mass is 9.94. The fraction of sp³-hybridized carbons (Fsp3) is 0.333. The Hall–Kier alpha value is -3.02. The van der Waals surface area contributed by atoms with Crippen LogP contribution >= 0.6 is 0 Å². The van der Waals surface area contributed by atoms with Gasteiger partial charge < -0.3 is 19.5 Å². The van der Waals surface area contributed by atoms with Gasteiger partial charge in [-0.05, 0) is 36.7 Å². The molecule has 0 spiro atoms. The Morgan fingerprint density at radius 3 is 2.41 bits per heavy atom. The number of methoxy groups -OCH3 is 2. The Morgan fingerprint density at radius 2 is 1.59 bits per heavy atom. The molecule has 0 aliphatic carbocycles. The number of ether oxygens (including phenoxy) is 3. The van der Waals surface area contributed by atoms with Crippen LogP contribution < -0.4 is 19.5 Å². The zero-order valence-corrected chi connectivity index (χ0v) is 18.9. The minimum atomic E-state index is 0.0164. The number of hydrogen-bond donors (Lipinski definition) is 1. The molecule has 5 nitrogen and oxygen atoms in total. The van der Waals surface area contributed by atoms with Gasteiger partial charge in [-0.3, -0.25) is 4.90 Å². The molecular weight excluding hydrogens is 400 g/mol. The van der Waals surface area contributed by atoms with E-state index in [4.69, 9.17) is 14.2 Å². The van der Waals surface area contributed by atoms with Gasteiger partial charge in [-0.2, -0.15) is 0 Å². The first-order valence-electron chi connectivity index (χ1n) is 11.2. The molecule has 0 bridgehead atoms. The van der Waals surface area contributed by atoms with Crippen molar-refractivity contribution in [2.75, 3.05) is 40.4 Å². The van der Waals surface area contributed by atoms with Crippen molar-refractivity contribution < 1.29 is 14.2 Å². The van der Waals surface area contributed by atoms with Crippen LogP contribution in [0.25, 0.3) is 0 Å². The second-order valence-electron chi connectivity index (χ2n) is 7.96. The van der Waals surface area contributed by atoms with E-state index >= 15 is 0 Å². The third kappa shape index (κ3) is 5.23. The molecule has 4 rings (SSSR count). The second-order valence-corrected chi connectivity index (χ2v) is 7.96. The Morgan fingerprint density at radius 1 is 0.812 bits per heavy atom. The molecule has 1 N–H and O–H groups in total. The van der Waals surface area contributed by atoms with Crippen LogP contribution in [0.1, 0.15) is 29.2 Å². The standard InChI is InChI=1S/C27H32N2O3/c1-30-22-13-14-24(26(19-22)31-2)27(29-17-8-15-28-16-18-29)23-11-6-7-12-25(23)32-20-21-9-4-3-5-10-21/h3-7,9-14,19,27-28H,8,15-18,20H2,1-2H3. The summed E-state index contributed by atoms with van der Waals surface area (Å²) in [5.74, 6) is 2.51. The lowest BCUT2D eigenvalue weighted by Crippen LogP contribution is -2.33. The lowest BCUT2D eigenvalue weighted by Gasteiger charge is -2.33. The molecule has 0 amide bonds. The maximum atomic E-state index is 6.36. The third-order valence-electron chi connectivity index (χ3n) is 5.93. The summed E-state index contributed by atoms with van der Waals surface area (Å²) < 4.78 is 17.6. The normalized spacial score (nSPS) is 15.6. The summed E-state index contributed by atoms with van der Waals surface area (Å²) in [6.45, 7) is 4.48. The van der Waals surface area contributed by atoms with E-state index in [2.05, 4.69) is 46.6 Å². The van der Waals surface area contributed by atoms with Crippen molar-refractivity contribution in [3.63, 3.8) is 0 Å². The number of rotatable bonds is 8. The van der Waals surface area contributed by atoms with E-state index in [9.17, 15) is 0 Å². The molecule has 0 saturated carbocycles. The van der Waals surface area contributed by atoms with Crippen molar-refractivity contribution >= 4 is 0 Å². The summed E-state index contributed by atoms with van der Waals surface area (Å²) >= 11 is 0. The summed E-state index contributed by atoms with van der Waals surface area (Å²) in [5, 5.41) is 3.52. The Kier molecular flexibility index (Phi) is 7.64. The van der Waals surface area contributed by atoms with Crippen LogP contribution in [0, 0.1) is 0 Å². The lowest BCUT2D eigenvalue weighted by molar-refractivity contribution is 0.226. The van der Waals surface area contributed by atoms with Crippen LogP contribution in [0.4, 0.5) is 0 Å². The molecule has 1 heterocycles. The number of para-hydroxylation sites is 1. The first kappa shape index (κ1) is 22.2. The molecule has 32 heavy (non-hydrogen) atoms. The summed E-state index contributed by atoms with van der Waals surface area (Å²) in [7, 11) is 3.40. The van der Waals surface area contributed by atoms with Gasteiger partial charge >= 0.3 is 0 Å². The maximum Gasteiger partial charge on any atom is 0.127 e. The van der Waals surface area contributed by atoms with Crippen LogP contribution in [-0.2, 0) is 6.61 Å². The van der Waals surface area contributed by atoms with E-state index in [1.807, 2.05) is 36.4 Å². The predicted octanol–water partition coefficient (Wildman–Crippen LogP) is 4.67. The van der Waals surface area contributed by atoms with Crippen LogP contribution in [-0.4, -0.2) is 45.3 Å². The fourth-order valence-corrected chi connectivity index (χ4v) is 4.30. The highest BCUT2D eigenvalue weighted by atomic mass is 16.5. The Labute approximate surface area is 190 Å². The van der Waals surface area contributed by atoms with Crippen LogP contribution in [0.15, 0.2) is 72.8 Å². The Bertz CT molecular complexity index is 985. The second kappa shape index (κ2) is 11.0. The molecule has 0 radical (unpaired) electrons. The van der Waals surface area contributed by atoms with Gasteiger partial charge in [-0.25, -0.2) is 0 Å². The van der Waals surface area contributed by atoms with E-state index in [0.717, 1.165) is 66.5 Å². The van der Waals surface area contributed by atoms with Crippen molar-refractivity contribution in [1.82, 2.24) is 10.2 Å². The van der Waals surface area contributed by atoms with E-state index in [-0.39, 0.29) is 6.04 Å². The molecule has 1 unspecified atom stereocenters. The first-order chi connectivity index (χ1) is 15.8. The van der Waals surface area contributed by atoms with Gasteiger partial charge in [0.15, 0.2) is 0 Å². The van der Waals surface area contributed by atoms with Crippen molar-refractivity contribution in [2.45, 2.75) is 19.1 Å². The molecular formula is C27H32N2O3. The van der Waals surface area contributed by atoms with Crippen molar-refractivity contribution in [1.29, 1.82) is 0 Å². The average molecular weight is 433 g/mol. The number of nitrogens with zero attached hydrogens (tertiary/aromatic N) is 1. The molecule has 1 atom stereocenters. The van der Waals surface area contributed by atoms with E-state index in [1.54, 1.807) is 14.2 Å². The number of hydrogen-bond acceptors (Lipinski definition) is 5. The molecule has 1 fully saturated rings. The highest BCUT2D eigenvalue weighted by molar-refractivity contribution is 5.49. The summed E-state index contributed by atoms with van der Waals surface area (Å²) in [6.07, 6.45) is 1.10. The van der Waals surface area contributed by atoms with Crippen molar-refractivity contribution in [3.05, 3.63) is 89.5 Å². The van der Waals surface area contributed by atoms with E-state index in [0.29, 0.717) is 6.61 Å². The first-order valence-corrected chi connectivity index (χ1v) is 11.2. The predicted molar refractivity (Wildman–Crippen MR) is 128 cm³/mol. The monoisotopic (exact) mass is 432 g/mol. The minimum absolute atomic E-state index is 0.0164. The van der Waals surface area contributed by atoms with Gasteiger partial charge in [0, 0.05) is 36.8 Å². The Balaban J connectivity index is 1.74.